The summed E-state index contributed by atoms with van der Waals surface area (Å²) in [6.45, 7) is 1.88. The van der Waals surface area contributed by atoms with Crippen molar-refractivity contribution in [2.24, 2.45) is 0 Å². The second-order valence-corrected chi connectivity index (χ2v) is 6.00. The predicted molar refractivity (Wildman–Crippen MR) is 87.6 cm³/mol. The normalized spacial score (nSPS) is 14.3. The fourth-order valence-corrected chi connectivity index (χ4v) is 3.15. The van der Waals surface area contributed by atoms with Gasteiger partial charge in [-0.2, -0.15) is 18.3 Å². The molecule has 134 valence electrons. The SMILES string of the molecule is Fc1cc(C(F)(F)F)ccc1-c1nn2c(c1-c1ccncc1)CNCC2. The van der Waals surface area contributed by atoms with Gasteiger partial charge in [-0.1, -0.05) is 0 Å². The molecule has 1 N–H and O–H groups in total. The van der Waals surface area contributed by atoms with Crippen molar-refractivity contribution in [2.45, 2.75) is 19.3 Å². The molecular formula is C18H14F4N4. The van der Waals surface area contributed by atoms with Crippen LogP contribution in [0, 0.1) is 5.82 Å². The third-order valence-electron chi connectivity index (χ3n) is 4.37. The van der Waals surface area contributed by atoms with E-state index in [9.17, 15) is 17.6 Å². The second kappa shape index (κ2) is 6.21. The van der Waals surface area contributed by atoms with Crippen LogP contribution >= 0.6 is 0 Å². The highest BCUT2D eigenvalue weighted by atomic mass is 19.4. The highest BCUT2D eigenvalue weighted by Crippen LogP contribution is 2.38. The fourth-order valence-electron chi connectivity index (χ4n) is 3.15. The molecule has 3 heterocycles. The van der Waals surface area contributed by atoms with E-state index in [1.165, 1.54) is 0 Å². The lowest BCUT2D eigenvalue weighted by molar-refractivity contribution is -0.137. The lowest BCUT2D eigenvalue weighted by Crippen LogP contribution is -2.28. The third-order valence-corrected chi connectivity index (χ3v) is 4.37. The third kappa shape index (κ3) is 2.86. The first-order valence-electron chi connectivity index (χ1n) is 8.03. The van der Waals surface area contributed by atoms with Crippen molar-refractivity contribution in [3.63, 3.8) is 0 Å². The molecule has 0 amide bonds. The molecule has 0 atom stereocenters. The average molecular weight is 362 g/mol. The minimum Gasteiger partial charge on any atom is -0.309 e. The summed E-state index contributed by atoms with van der Waals surface area (Å²) in [5.74, 6) is -0.946. The molecule has 0 spiro atoms. The minimum atomic E-state index is -4.59. The van der Waals surface area contributed by atoms with Crippen LogP contribution < -0.4 is 5.32 Å². The summed E-state index contributed by atoms with van der Waals surface area (Å²) in [6.07, 6.45) is -1.37. The number of benzene rings is 1. The quantitative estimate of drug-likeness (QED) is 0.704. The molecule has 3 aromatic rings. The molecule has 8 heteroatoms. The number of pyridine rings is 1. The van der Waals surface area contributed by atoms with Crippen LogP contribution in [0.3, 0.4) is 0 Å². The molecule has 1 aliphatic heterocycles. The number of aromatic nitrogens is 3. The molecule has 4 rings (SSSR count). The van der Waals surface area contributed by atoms with Crippen LogP contribution in [0.2, 0.25) is 0 Å². The van der Waals surface area contributed by atoms with Gasteiger partial charge in [0.15, 0.2) is 0 Å². The van der Waals surface area contributed by atoms with Gasteiger partial charge in [-0.3, -0.25) is 9.67 Å². The van der Waals surface area contributed by atoms with Crippen molar-refractivity contribution >= 4 is 0 Å². The van der Waals surface area contributed by atoms with Gasteiger partial charge in [0.25, 0.3) is 0 Å². The van der Waals surface area contributed by atoms with Crippen LogP contribution in [-0.2, 0) is 19.3 Å². The van der Waals surface area contributed by atoms with Crippen molar-refractivity contribution in [1.29, 1.82) is 0 Å². The highest BCUT2D eigenvalue weighted by molar-refractivity contribution is 5.83. The molecule has 0 saturated carbocycles. The van der Waals surface area contributed by atoms with E-state index in [0.717, 1.165) is 29.9 Å². The molecule has 0 unspecified atom stereocenters. The Bertz CT molecular complexity index is 948. The van der Waals surface area contributed by atoms with Crippen molar-refractivity contribution < 1.29 is 17.6 Å². The average Bonchev–Trinajstić information content (AvgIpc) is 3.00. The van der Waals surface area contributed by atoms with Crippen molar-refractivity contribution in [3.05, 3.63) is 59.8 Å². The van der Waals surface area contributed by atoms with E-state index in [1.807, 2.05) is 0 Å². The number of hydrogen-bond acceptors (Lipinski definition) is 3. The van der Waals surface area contributed by atoms with Gasteiger partial charge in [0, 0.05) is 36.6 Å². The molecular weight excluding hydrogens is 348 g/mol. The number of nitrogens with one attached hydrogen (secondary N) is 1. The van der Waals surface area contributed by atoms with Gasteiger partial charge in [0.05, 0.1) is 17.8 Å². The number of halogens is 4. The lowest BCUT2D eigenvalue weighted by Gasteiger charge is -2.16. The Hall–Kier alpha value is -2.74. The van der Waals surface area contributed by atoms with Gasteiger partial charge in [0.2, 0.25) is 0 Å². The van der Waals surface area contributed by atoms with Crippen molar-refractivity contribution in [1.82, 2.24) is 20.1 Å². The maximum Gasteiger partial charge on any atom is 0.416 e. The fraction of sp³-hybridized carbons (Fsp3) is 0.222. The van der Waals surface area contributed by atoms with E-state index in [-0.39, 0.29) is 5.56 Å². The molecule has 0 bridgehead atoms. The first kappa shape index (κ1) is 16.7. The number of fused-ring (bicyclic) bond motifs is 1. The van der Waals surface area contributed by atoms with Crippen LogP contribution in [0.5, 0.6) is 0 Å². The highest BCUT2D eigenvalue weighted by Gasteiger charge is 2.32. The topological polar surface area (TPSA) is 42.7 Å². The number of rotatable bonds is 2. The van der Waals surface area contributed by atoms with Crippen LogP contribution in [0.1, 0.15) is 11.3 Å². The van der Waals surface area contributed by atoms with Crippen LogP contribution in [-0.4, -0.2) is 21.3 Å². The maximum absolute atomic E-state index is 14.5. The zero-order valence-corrected chi connectivity index (χ0v) is 13.5. The first-order valence-corrected chi connectivity index (χ1v) is 8.03. The molecule has 26 heavy (non-hydrogen) atoms. The van der Waals surface area contributed by atoms with Gasteiger partial charge in [-0.25, -0.2) is 4.39 Å². The summed E-state index contributed by atoms with van der Waals surface area (Å²) >= 11 is 0. The smallest absolute Gasteiger partial charge is 0.309 e. The molecule has 1 aliphatic rings. The minimum absolute atomic E-state index is 0.0479. The van der Waals surface area contributed by atoms with E-state index in [0.29, 0.717) is 30.4 Å². The molecule has 4 nitrogen and oxygen atoms in total. The van der Waals surface area contributed by atoms with Crippen LogP contribution in [0.25, 0.3) is 22.4 Å². The lowest BCUT2D eigenvalue weighted by atomic mass is 9.98. The van der Waals surface area contributed by atoms with Gasteiger partial charge in [-0.15, -0.1) is 0 Å². The molecule has 0 aliphatic carbocycles. The Labute approximate surface area is 146 Å². The molecule has 0 radical (unpaired) electrons. The molecule has 1 aromatic carbocycles. The van der Waals surface area contributed by atoms with Crippen molar-refractivity contribution in [3.8, 4) is 22.4 Å². The van der Waals surface area contributed by atoms with Crippen LogP contribution in [0.15, 0.2) is 42.7 Å². The largest absolute Gasteiger partial charge is 0.416 e. The monoisotopic (exact) mass is 362 g/mol. The standard InChI is InChI=1S/C18H14F4N4/c19-14-9-12(18(20,21)22)1-2-13(14)17-16(11-3-5-23-6-4-11)15-10-24-7-8-26(15)25-17/h1-6,9,24H,7-8,10H2. The van der Waals surface area contributed by atoms with E-state index >= 15 is 0 Å². The zero-order chi connectivity index (χ0) is 18.3. The van der Waals surface area contributed by atoms with Gasteiger partial charge in [-0.05, 0) is 35.9 Å². The van der Waals surface area contributed by atoms with E-state index < -0.39 is 17.6 Å². The Morgan fingerprint density at radius 1 is 1.08 bits per heavy atom. The summed E-state index contributed by atoms with van der Waals surface area (Å²) in [5, 5.41) is 7.73. The van der Waals surface area contributed by atoms with Crippen molar-refractivity contribution in [2.75, 3.05) is 6.54 Å². The summed E-state index contributed by atoms with van der Waals surface area (Å²) in [6, 6.07) is 6.09. The number of hydrogen-bond donors (Lipinski definition) is 1. The Morgan fingerprint density at radius 2 is 1.85 bits per heavy atom. The predicted octanol–water partition coefficient (Wildman–Crippen LogP) is 3.87. The zero-order valence-electron chi connectivity index (χ0n) is 13.5. The van der Waals surface area contributed by atoms with E-state index in [2.05, 4.69) is 15.4 Å². The van der Waals surface area contributed by atoms with Gasteiger partial charge >= 0.3 is 6.18 Å². The Kier molecular flexibility index (Phi) is 3.99. The Balaban J connectivity index is 1.91. The van der Waals surface area contributed by atoms with Gasteiger partial charge in [0.1, 0.15) is 11.5 Å². The van der Waals surface area contributed by atoms with Gasteiger partial charge < -0.3 is 5.32 Å². The maximum atomic E-state index is 14.5. The summed E-state index contributed by atoms with van der Waals surface area (Å²) in [5.41, 5.74) is 1.73. The van der Waals surface area contributed by atoms with E-state index in [1.54, 1.807) is 29.2 Å². The van der Waals surface area contributed by atoms with Crippen LogP contribution in [0.4, 0.5) is 17.6 Å². The summed E-state index contributed by atoms with van der Waals surface area (Å²) in [4.78, 5) is 3.98. The number of nitrogens with zero attached hydrogens (tertiary/aromatic N) is 3. The molecule has 0 saturated heterocycles. The molecule has 0 fully saturated rings. The van der Waals surface area contributed by atoms with E-state index in [4.69, 9.17) is 0 Å². The molecule has 2 aromatic heterocycles. The summed E-state index contributed by atoms with van der Waals surface area (Å²) in [7, 11) is 0. The second-order valence-electron chi connectivity index (χ2n) is 6.00. The summed E-state index contributed by atoms with van der Waals surface area (Å²) < 4.78 is 54.8. The Morgan fingerprint density at radius 3 is 2.54 bits per heavy atom. The first-order chi connectivity index (χ1) is 12.4. The number of alkyl halides is 3.